The summed E-state index contributed by atoms with van der Waals surface area (Å²) in [4.78, 5) is 17.4. The first-order valence-corrected chi connectivity index (χ1v) is 7.78. The highest BCUT2D eigenvalue weighted by molar-refractivity contribution is 7.99. The second-order valence-electron chi connectivity index (χ2n) is 4.41. The van der Waals surface area contributed by atoms with Crippen LogP contribution in [0.25, 0.3) is 0 Å². The number of nitrogens with zero attached hydrogens (tertiary/aromatic N) is 2. The van der Waals surface area contributed by atoms with Crippen LogP contribution in [-0.4, -0.2) is 26.8 Å². The first kappa shape index (κ1) is 15.3. The Morgan fingerprint density at radius 1 is 1.48 bits per heavy atom. The number of thioether (sulfide) groups is 1. The van der Waals surface area contributed by atoms with Crippen molar-refractivity contribution in [1.82, 2.24) is 15.2 Å². The van der Waals surface area contributed by atoms with Crippen LogP contribution in [0.1, 0.15) is 29.8 Å². The van der Waals surface area contributed by atoms with Crippen LogP contribution in [0.15, 0.2) is 41.8 Å². The summed E-state index contributed by atoms with van der Waals surface area (Å²) in [5.41, 5.74) is 0.760. The summed E-state index contributed by atoms with van der Waals surface area (Å²) in [7, 11) is 0. The van der Waals surface area contributed by atoms with Crippen molar-refractivity contribution in [3.8, 4) is 0 Å². The number of rotatable bonds is 7. The Kier molecular flexibility index (Phi) is 5.57. The van der Waals surface area contributed by atoms with Crippen molar-refractivity contribution in [3.05, 3.63) is 48.6 Å². The zero-order chi connectivity index (χ0) is 15.1. The third-order valence-electron chi connectivity index (χ3n) is 2.71. The van der Waals surface area contributed by atoms with E-state index in [0.717, 1.165) is 35.0 Å². The van der Waals surface area contributed by atoms with Crippen LogP contribution in [0, 0.1) is 0 Å². The van der Waals surface area contributed by atoms with Gasteiger partial charge in [-0.3, -0.25) is 9.89 Å². The van der Waals surface area contributed by atoms with Gasteiger partial charge in [0.1, 0.15) is 5.82 Å². The standard InChI is InChI=1S/C15H18N4OS/c1-3-7-13-17-14(19-18-13)15(20)16-11-8-5-6-9-12(11)21-10-4-2/h4-6,8-9H,2-3,7,10H2,1H3,(H,16,20)(H,17,18,19). The number of aromatic amines is 1. The molecule has 2 aromatic rings. The maximum Gasteiger partial charge on any atom is 0.295 e. The van der Waals surface area contributed by atoms with Crippen molar-refractivity contribution in [2.24, 2.45) is 0 Å². The normalized spacial score (nSPS) is 10.3. The third-order valence-corrected chi connectivity index (χ3v) is 3.78. The van der Waals surface area contributed by atoms with E-state index >= 15 is 0 Å². The fourth-order valence-corrected chi connectivity index (χ4v) is 2.51. The number of nitrogens with one attached hydrogen (secondary N) is 2. The predicted molar refractivity (Wildman–Crippen MR) is 85.7 cm³/mol. The zero-order valence-corrected chi connectivity index (χ0v) is 12.7. The molecule has 0 fully saturated rings. The molecule has 1 aromatic carbocycles. The van der Waals surface area contributed by atoms with E-state index in [9.17, 15) is 4.79 Å². The molecule has 0 radical (unpaired) electrons. The first-order chi connectivity index (χ1) is 10.2. The van der Waals surface area contributed by atoms with Gasteiger partial charge in [-0.25, -0.2) is 4.98 Å². The topological polar surface area (TPSA) is 70.7 Å². The Morgan fingerprint density at radius 3 is 3.05 bits per heavy atom. The number of aromatic nitrogens is 3. The number of carbonyl (C=O) groups is 1. The molecule has 0 saturated carbocycles. The van der Waals surface area contributed by atoms with E-state index in [-0.39, 0.29) is 11.7 Å². The summed E-state index contributed by atoms with van der Waals surface area (Å²) < 4.78 is 0. The molecule has 0 aliphatic rings. The SMILES string of the molecule is C=CCSc1ccccc1NC(=O)c1n[nH]c(CCC)n1. The van der Waals surface area contributed by atoms with Gasteiger partial charge in [0.15, 0.2) is 0 Å². The van der Waals surface area contributed by atoms with Gasteiger partial charge < -0.3 is 5.32 Å². The lowest BCUT2D eigenvalue weighted by atomic mass is 10.3. The van der Waals surface area contributed by atoms with Gasteiger partial charge in [0.2, 0.25) is 5.82 Å². The summed E-state index contributed by atoms with van der Waals surface area (Å²) in [5.74, 6) is 1.38. The zero-order valence-electron chi connectivity index (χ0n) is 11.9. The predicted octanol–water partition coefficient (Wildman–Crippen LogP) is 3.29. The molecule has 110 valence electrons. The second-order valence-corrected chi connectivity index (χ2v) is 5.47. The van der Waals surface area contributed by atoms with Crippen LogP contribution in [-0.2, 0) is 6.42 Å². The molecule has 0 atom stereocenters. The average Bonchev–Trinajstić information content (AvgIpc) is 2.95. The number of anilines is 1. The number of carbonyl (C=O) groups excluding carboxylic acids is 1. The molecule has 1 amide bonds. The van der Waals surface area contributed by atoms with Crippen LogP contribution in [0.2, 0.25) is 0 Å². The average molecular weight is 302 g/mol. The number of aryl methyl sites for hydroxylation is 1. The largest absolute Gasteiger partial charge is 0.318 e. The van der Waals surface area contributed by atoms with Gasteiger partial charge in [-0.1, -0.05) is 25.1 Å². The number of amides is 1. The van der Waals surface area contributed by atoms with E-state index in [4.69, 9.17) is 0 Å². The lowest BCUT2D eigenvalue weighted by Crippen LogP contribution is -2.14. The Balaban J connectivity index is 2.09. The maximum absolute atomic E-state index is 12.2. The van der Waals surface area contributed by atoms with E-state index in [1.807, 2.05) is 30.3 Å². The highest BCUT2D eigenvalue weighted by Gasteiger charge is 2.14. The van der Waals surface area contributed by atoms with Gasteiger partial charge in [0.25, 0.3) is 5.91 Å². The molecule has 21 heavy (non-hydrogen) atoms. The molecular formula is C15H18N4OS. The van der Waals surface area contributed by atoms with Crippen molar-refractivity contribution in [3.63, 3.8) is 0 Å². The van der Waals surface area contributed by atoms with E-state index < -0.39 is 0 Å². The summed E-state index contributed by atoms with van der Waals surface area (Å²) in [6.07, 6.45) is 3.57. The molecule has 0 aliphatic carbocycles. The molecule has 0 saturated heterocycles. The molecule has 1 aromatic heterocycles. The fourth-order valence-electron chi connectivity index (χ4n) is 1.77. The maximum atomic E-state index is 12.2. The molecule has 6 heteroatoms. The minimum Gasteiger partial charge on any atom is -0.318 e. The number of hydrogen-bond donors (Lipinski definition) is 2. The molecule has 0 unspecified atom stereocenters. The minimum atomic E-state index is -0.305. The van der Waals surface area contributed by atoms with Crippen molar-refractivity contribution in [2.75, 3.05) is 11.1 Å². The second kappa shape index (κ2) is 7.64. The Morgan fingerprint density at radius 2 is 2.29 bits per heavy atom. The number of H-pyrrole nitrogens is 1. The first-order valence-electron chi connectivity index (χ1n) is 6.80. The van der Waals surface area contributed by atoms with Crippen LogP contribution < -0.4 is 5.32 Å². The van der Waals surface area contributed by atoms with Crippen molar-refractivity contribution in [1.29, 1.82) is 0 Å². The molecule has 5 nitrogen and oxygen atoms in total. The van der Waals surface area contributed by atoms with Crippen LogP contribution in [0.5, 0.6) is 0 Å². The molecule has 0 spiro atoms. The number of benzene rings is 1. The number of para-hydroxylation sites is 1. The van der Waals surface area contributed by atoms with Gasteiger partial charge in [-0.15, -0.1) is 23.4 Å². The van der Waals surface area contributed by atoms with Gasteiger partial charge in [-0.2, -0.15) is 0 Å². The number of hydrogen-bond acceptors (Lipinski definition) is 4. The molecule has 0 bridgehead atoms. The van der Waals surface area contributed by atoms with Crippen molar-refractivity contribution >= 4 is 23.4 Å². The highest BCUT2D eigenvalue weighted by Crippen LogP contribution is 2.27. The van der Waals surface area contributed by atoms with E-state index in [0.29, 0.717) is 0 Å². The van der Waals surface area contributed by atoms with Gasteiger partial charge >= 0.3 is 0 Å². The molecule has 2 rings (SSSR count). The summed E-state index contributed by atoms with van der Waals surface area (Å²) >= 11 is 1.62. The Bertz CT molecular complexity index is 624. The summed E-state index contributed by atoms with van der Waals surface area (Å²) in [5, 5.41) is 9.59. The molecule has 0 aliphatic heterocycles. The van der Waals surface area contributed by atoms with E-state index in [2.05, 4.69) is 34.0 Å². The Hall–Kier alpha value is -2.08. The van der Waals surface area contributed by atoms with Gasteiger partial charge in [0, 0.05) is 17.1 Å². The van der Waals surface area contributed by atoms with Gasteiger partial charge in [-0.05, 0) is 18.6 Å². The minimum absolute atomic E-state index is 0.168. The van der Waals surface area contributed by atoms with Gasteiger partial charge in [0.05, 0.1) is 5.69 Å². The highest BCUT2D eigenvalue weighted by atomic mass is 32.2. The monoisotopic (exact) mass is 302 g/mol. The third kappa shape index (κ3) is 4.19. The van der Waals surface area contributed by atoms with Crippen molar-refractivity contribution in [2.45, 2.75) is 24.7 Å². The van der Waals surface area contributed by atoms with Crippen LogP contribution in [0.3, 0.4) is 0 Å². The van der Waals surface area contributed by atoms with Crippen LogP contribution in [0.4, 0.5) is 5.69 Å². The Labute approximate surface area is 128 Å². The quantitative estimate of drug-likeness (QED) is 0.608. The van der Waals surface area contributed by atoms with Crippen molar-refractivity contribution < 1.29 is 4.79 Å². The van der Waals surface area contributed by atoms with Crippen LogP contribution >= 0.6 is 11.8 Å². The molecular weight excluding hydrogens is 284 g/mol. The summed E-state index contributed by atoms with van der Waals surface area (Å²) in [6, 6.07) is 7.65. The smallest absolute Gasteiger partial charge is 0.295 e. The summed E-state index contributed by atoms with van der Waals surface area (Å²) in [6.45, 7) is 5.75. The lowest BCUT2D eigenvalue weighted by Gasteiger charge is -2.08. The van der Waals surface area contributed by atoms with E-state index in [1.54, 1.807) is 11.8 Å². The fraction of sp³-hybridized carbons (Fsp3) is 0.267. The molecule has 2 N–H and O–H groups in total. The lowest BCUT2D eigenvalue weighted by molar-refractivity contribution is 0.101. The molecule has 1 heterocycles. The van der Waals surface area contributed by atoms with E-state index in [1.165, 1.54) is 0 Å².